The molecule has 0 heterocycles. The van der Waals surface area contributed by atoms with Crippen LogP contribution in [-0.4, -0.2) is 33.6 Å². The lowest BCUT2D eigenvalue weighted by Gasteiger charge is -2.24. The minimum Gasteiger partial charge on any atom is -0.354 e. The average molecular weight is 324 g/mol. The third-order valence-corrected chi connectivity index (χ3v) is 3.34. The first kappa shape index (κ1) is 15.5. The van der Waals surface area contributed by atoms with Crippen LogP contribution in [-0.2, 0) is 15.9 Å². The lowest BCUT2D eigenvalue weighted by molar-refractivity contribution is -0.121. The van der Waals surface area contributed by atoms with Gasteiger partial charge in [0.2, 0.25) is 0 Å². The zero-order valence-electron chi connectivity index (χ0n) is 10.5. The smallest absolute Gasteiger partial charge is 0.172 e. The van der Waals surface area contributed by atoms with Crippen molar-refractivity contribution in [1.29, 1.82) is 0 Å². The van der Waals surface area contributed by atoms with E-state index in [9.17, 15) is 8.78 Å². The van der Waals surface area contributed by atoms with Gasteiger partial charge in [-0.25, -0.2) is 8.78 Å². The highest BCUT2D eigenvalue weighted by Gasteiger charge is 2.23. The second kappa shape index (κ2) is 7.13. The van der Waals surface area contributed by atoms with Crippen molar-refractivity contribution >= 4 is 15.9 Å². The lowest BCUT2D eigenvalue weighted by atomic mass is 10.0. The Morgan fingerprint density at radius 1 is 1.28 bits per heavy atom. The number of benzene rings is 1. The molecule has 1 aromatic carbocycles. The van der Waals surface area contributed by atoms with E-state index < -0.39 is 17.9 Å². The number of hydrogen-bond donors (Lipinski definition) is 1. The SMILES string of the molecule is CNC(Cc1c(F)ccc(Br)c1F)C(OC)OC. The van der Waals surface area contributed by atoms with Crippen LogP contribution in [0.25, 0.3) is 0 Å². The van der Waals surface area contributed by atoms with Gasteiger partial charge >= 0.3 is 0 Å². The minimum absolute atomic E-state index is 0.00262. The molecule has 0 radical (unpaired) electrons. The summed E-state index contributed by atoms with van der Waals surface area (Å²) >= 11 is 3.04. The second-order valence-electron chi connectivity index (χ2n) is 3.76. The Balaban J connectivity index is 2.98. The van der Waals surface area contributed by atoms with Gasteiger partial charge in [-0.1, -0.05) is 0 Å². The van der Waals surface area contributed by atoms with Crippen molar-refractivity contribution in [2.24, 2.45) is 0 Å². The molecule has 1 N–H and O–H groups in total. The van der Waals surface area contributed by atoms with Gasteiger partial charge in [-0.3, -0.25) is 0 Å². The molecule has 6 heteroatoms. The Kier molecular flexibility index (Phi) is 6.14. The predicted octanol–water partition coefficient (Wildman–Crippen LogP) is 2.48. The highest BCUT2D eigenvalue weighted by molar-refractivity contribution is 9.10. The fourth-order valence-corrected chi connectivity index (χ4v) is 2.11. The number of halogens is 3. The molecule has 0 saturated heterocycles. The Labute approximate surface area is 114 Å². The van der Waals surface area contributed by atoms with Crippen LogP contribution in [0.3, 0.4) is 0 Å². The van der Waals surface area contributed by atoms with Gasteiger partial charge in [-0.15, -0.1) is 0 Å². The second-order valence-corrected chi connectivity index (χ2v) is 4.62. The third-order valence-electron chi connectivity index (χ3n) is 2.73. The van der Waals surface area contributed by atoms with Crippen LogP contribution in [0, 0.1) is 11.6 Å². The predicted molar refractivity (Wildman–Crippen MR) is 68.4 cm³/mol. The molecular formula is C12H16BrF2NO2. The molecule has 3 nitrogen and oxygen atoms in total. The maximum Gasteiger partial charge on any atom is 0.172 e. The van der Waals surface area contributed by atoms with Gasteiger partial charge in [0, 0.05) is 19.8 Å². The first-order valence-electron chi connectivity index (χ1n) is 5.40. The molecule has 102 valence electrons. The van der Waals surface area contributed by atoms with E-state index in [1.54, 1.807) is 7.05 Å². The molecule has 0 bridgehead atoms. The van der Waals surface area contributed by atoms with E-state index in [4.69, 9.17) is 9.47 Å². The van der Waals surface area contributed by atoms with E-state index in [2.05, 4.69) is 21.2 Å². The van der Waals surface area contributed by atoms with Crippen LogP contribution in [0.4, 0.5) is 8.78 Å². The summed E-state index contributed by atoms with van der Waals surface area (Å²) in [7, 11) is 4.64. The number of hydrogen-bond acceptors (Lipinski definition) is 3. The monoisotopic (exact) mass is 323 g/mol. The molecule has 0 aliphatic rings. The van der Waals surface area contributed by atoms with Crippen molar-refractivity contribution in [2.45, 2.75) is 18.8 Å². The van der Waals surface area contributed by atoms with Crippen molar-refractivity contribution in [3.63, 3.8) is 0 Å². The fourth-order valence-electron chi connectivity index (χ4n) is 1.74. The number of methoxy groups -OCH3 is 2. The first-order chi connectivity index (χ1) is 8.54. The number of likely N-dealkylation sites (N-methyl/N-ethyl adjacent to an activating group) is 1. The molecule has 1 rings (SSSR count). The minimum atomic E-state index is -0.596. The normalized spacial score (nSPS) is 13.1. The summed E-state index contributed by atoms with van der Waals surface area (Å²) < 4.78 is 37.9. The van der Waals surface area contributed by atoms with Crippen LogP contribution in [0.5, 0.6) is 0 Å². The fraction of sp³-hybridized carbons (Fsp3) is 0.500. The Bertz CT molecular complexity index is 400. The molecule has 18 heavy (non-hydrogen) atoms. The van der Waals surface area contributed by atoms with E-state index in [0.29, 0.717) is 0 Å². The van der Waals surface area contributed by atoms with Crippen molar-refractivity contribution in [1.82, 2.24) is 5.32 Å². The van der Waals surface area contributed by atoms with Gasteiger partial charge in [-0.2, -0.15) is 0 Å². The number of rotatable bonds is 6. The Hall–Kier alpha value is -0.560. The van der Waals surface area contributed by atoms with E-state index in [1.165, 1.54) is 26.4 Å². The maximum absolute atomic E-state index is 13.8. The van der Waals surface area contributed by atoms with Gasteiger partial charge in [-0.05, 0) is 41.5 Å². The highest BCUT2D eigenvalue weighted by Crippen LogP contribution is 2.23. The molecule has 0 aliphatic carbocycles. The topological polar surface area (TPSA) is 30.5 Å². The summed E-state index contributed by atoms with van der Waals surface area (Å²) in [6, 6.07) is 2.22. The van der Waals surface area contributed by atoms with E-state index in [1.807, 2.05) is 0 Å². The van der Waals surface area contributed by atoms with E-state index >= 15 is 0 Å². The Morgan fingerprint density at radius 3 is 2.39 bits per heavy atom. The van der Waals surface area contributed by atoms with Gasteiger partial charge in [0.05, 0.1) is 10.5 Å². The quantitative estimate of drug-likeness (QED) is 0.644. The van der Waals surface area contributed by atoms with Crippen LogP contribution in [0.15, 0.2) is 16.6 Å². The lowest BCUT2D eigenvalue weighted by Crippen LogP contribution is -2.42. The molecule has 0 saturated carbocycles. The van der Waals surface area contributed by atoms with Gasteiger partial charge in [0.1, 0.15) is 11.6 Å². The zero-order chi connectivity index (χ0) is 13.7. The summed E-state index contributed by atoms with van der Waals surface area (Å²) in [5, 5.41) is 2.93. The molecule has 1 atom stereocenters. The summed E-state index contributed by atoms with van der Waals surface area (Å²) in [6.45, 7) is 0. The number of nitrogens with one attached hydrogen (secondary N) is 1. The largest absolute Gasteiger partial charge is 0.354 e. The van der Waals surface area contributed by atoms with Crippen molar-refractivity contribution in [2.75, 3.05) is 21.3 Å². The summed E-state index contributed by atoms with van der Waals surface area (Å²) in [4.78, 5) is 0. The summed E-state index contributed by atoms with van der Waals surface area (Å²) in [5.74, 6) is -1.18. The molecule has 0 amide bonds. The van der Waals surface area contributed by atoms with Crippen molar-refractivity contribution in [3.8, 4) is 0 Å². The average Bonchev–Trinajstić information content (AvgIpc) is 2.38. The zero-order valence-corrected chi connectivity index (χ0v) is 12.1. The summed E-state index contributed by atoms with van der Waals surface area (Å²) in [6.07, 6.45) is -0.451. The van der Waals surface area contributed by atoms with Crippen LogP contribution >= 0.6 is 15.9 Å². The molecule has 0 aromatic heterocycles. The molecule has 0 spiro atoms. The number of ether oxygens (including phenoxy) is 2. The maximum atomic E-state index is 13.8. The van der Waals surface area contributed by atoms with E-state index in [0.717, 1.165) is 0 Å². The highest BCUT2D eigenvalue weighted by atomic mass is 79.9. The van der Waals surface area contributed by atoms with E-state index in [-0.39, 0.29) is 22.5 Å². The summed E-state index contributed by atoms with van der Waals surface area (Å²) in [5.41, 5.74) is 0.00262. The standard InChI is InChI=1S/C12H16BrF2NO2/c1-16-10(12(17-2)18-3)6-7-9(14)5-4-8(13)11(7)15/h4-5,10,12,16H,6H2,1-3H3. The van der Waals surface area contributed by atoms with Crippen LogP contribution in [0.2, 0.25) is 0 Å². The molecular weight excluding hydrogens is 308 g/mol. The van der Waals surface area contributed by atoms with Crippen molar-refractivity contribution in [3.05, 3.63) is 33.8 Å². The Morgan fingerprint density at radius 2 is 1.89 bits per heavy atom. The first-order valence-corrected chi connectivity index (χ1v) is 6.19. The third kappa shape index (κ3) is 3.47. The van der Waals surface area contributed by atoms with Gasteiger partial charge in [0.15, 0.2) is 6.29 Å². The molecule has 0 fully saturated rings. The van der Waals surface area contributed by atoms with Crippen molar-refractivity contribution < 1.29 is 18.3 Å². The molecule has 1 aromatic rings. The molecule has 1 unspecified atom stereocenters. The van der Waals surface area contributed by atoms with Crippen LogP contribution in [0.1, 0.15) is 5.56 Å². The van der Waals surface area contributed by atoms with Gasteiger partial charge < -0.3 is 14.8 Å². The van der Waals surface area contributed by atoms with Gasteiger partial charge in [0.25, 0.3) is 0 Å². The van der Waals surface area contributed by atoms with Crippen LogP contribution < -0.4 is 5.32 Å². The molecule has 0 aliphatic heterocycles.